The van der Waals surface area contributed by atoms with Gasteiger partial charge >= 0.3 is 5.97 Å². The Labute approximate surface area is 254 Å². The Hall–Kier alpha value is -2.88. The van der Waals surface area contributed by atoms with Crippen LogP contribution in [-0.2, 0) is 51.2 Å². The highest BCUT2D eigenvalue weighted by molar-refractivity contribution is 5.84. The van der Waals surface area contributed by atoms with Gasteiger partial charge in [-0.25, -0.2) is 0 Å². The molecule has 0 spiro atoms. The molecule has 0 N–H and O–H groups in total. The van der Waals surface area contributed by atoms with Crippen molar-refractivity contribution in [3.05, 3.63) is 83.9 Å². The molecular weight excluding hydrogens is 548 g/mol. The molecule has 5 rings (SSSR count). The Morgan fingerprint density at radius 2 is 1.65 bits per heavy atom. The maximum atomic E-state index is 13.5. The molecule has 3 aliphatic rings. The van der Waals surface area contributed by atoms with Crippen LogP contribution in [0.15, 0.2) is 72.8 Å². The lowest BCUT2D eigenvalue weighted by atomic mass is 9.92. The fourth-order valence-corrected chi connectivity index (χ4v) is 6.07. The molecule has 0 aromatic heterocycles. The van der Waals surface area contributed by atoms with Crippen LogP contribution in [0.1, 0.15) is 63.0 Å². The highest BCUT2D eigenvalue weighted by Crippen LogP contribution is 2.31. The van der Waals surface area contributed by atoms with Gasteiger partial charge in [0.1, 0.15) is 18.3 Å². The van der Waals surface area contributed by atoms with E-state index in [1.165, 1.54) is 6.92 Å². The molecule has 2 aromatic carbocycles. The van der Waals surface area contributed by atoms with E-state index in [1.54, 1.807) is 0 Å². The average Bonchev–Trinajstić information content (AvgIpc) is 3.10. The average molecular weight is 593 g/mol. The van der Waals surface area contributed by atoms with E-state index in [0.29, 0.717) is 39.3 Å². The first kappa shape index (κ1) is 31.5. The van der Waals surface area contributed by atoms with Gasteiger partial charge in [-0.05, 0) is 43.2 Å². The summed E-state index contributed by atoms with van der Waals surface area (Å²) in [7, 11) is 0. The van der Waals surface area contributed by atoms with Gasteiger partial charge in [-0.15, -0.1) is 0 Å². The number of fused-ring (bicyclic) bond motifs is 1. The lowest BCUT2D eigenvalue weighted by molar-refractivity contribution is -0.211. The van der Waals surface area contributed by atoms with Gasteiger partial charge in [-0.2, -0.15) is 0 Å². The van der Waals surface area contributed by atoms with E-state index >= 15 is 0 Å². The van der Waals surface area contributed by atoms with Crippen molar-refractivity contribution in [1.82, 2.24) is 0 Å². The zero-order chi connectivity index (χ0) is 29.9. The Bertz CT molecular complexity index is 1170. The highest BCUT2D eigenvalue weighted by atomic mass is 16.6. The first-order valence-electron chi connectivity index (χ1n) is 15.6. The molecule has 2 saturated heterocycles. The van der Waals surface area contributed by atoms with Crippen LogP contribution in [0.5, 0.6) is 0 Å². The van der Waals surface area contributed by atoms with Crippen LogP contribution in [0.4, 0.5) is 0 Å². The quantitative estimate of drug-likeness (QED) is 0.249. The number of hydrogen-bond acceptors (Lipinski definition) is 8. The van der Waals surface area contributed by atoms with E-state index in [9.17, 15) is 9.59 Å². The summed E-state index contributed by atoms with van der Waals surface area (Å²) < 4.78 is 37.5. The van der Waals surface area contributed by atoms with Gasteiger partial charge < -0.3 is 28.4 Å². The number of hydrogen-bond donors (Lipinski definition) is 0. The third kappa shape index (κ3) is 9.55. The fourth-order valence-electron chi connectivity index (χ4n) is 6.07. The molecule has 8 nitrogen and oxygen atoms in total. The Morgan fingerprint density at radius 1 is 0.907 bits per heavy atom. The van der Waals surface area contributed by atoms with Crippen molar-refractivity contribution < 1.29 is 38.0 Å². The Kier molecular flexibility index (Phi) is 11.9. The van der Waals surface area contributed by atoms with Gasteiger partial charge in [0.05, 0.1) is 44.2 Å². The monoisotopic (exact) mass is 592 g/mol. The van der Waals surface area contributed by atoms with E-state index in [1.807, 2.05) is 72.8 Å². The molecule has 2 aromatic rings. The number of ether oxygens (including phenoxy) is 6. The third-order valence-electron chi connectivity index (χ3n) is 8.27. The van der Waals surface area contributed by atoms with Crippen molar-refractivity contribution in [1.29, 1.82) is 0 Å². The van der Waals surface area contributed by atoms with Crippen LogP contribution in [0, 0.1) is 0 Å². The SMILES string of the molecule is CC(=O)O[C@@H]1CC[C@@H](COCc2ccccc2)O[C@@H]1[C@@H](C[C@H]1O[C@H]2CCCO[C@@H]2C/C=C\CC1=O)OCc1ccccc1. The second kappa shape index (κ2) is 16.3. The molecule has 0 bridgehead atoms. The van der Waals surface area contributed by atoms with E-state index < -0.39 is 24.4 Å². The summed E-state index contributed by atoms with van der Waals surface area (Å²) in [4.78, 5) is 25.6. The fraction of sp³-hybridized carbons (Fsp3) is 0.543. The summed E-state index contributed by atoms with van der Waals surface area (Å²) in [5.74, 6) is -0.375. The van der Waals surface area contributed by atoms with Crippen LogP contribution < -0.4 is 0 Å². The first-order chi connectivity index (χ1) is 21.0. The maximum absolute atomic E-state index is 13.5. The molecule has 232 valence electrons. The normalized spacial score (nSPS) is 29.4. The van der Waals surface area contributed by atoms with Gasteiger partial charge in [0.2, 0.25) is 0 Å². The number of carbonyl (C=O) groups excluding carboxylic acids is 2. The molecule has 3 heterocycles. The summed E-state index contributed by atoms with van der Waals surface area (Å²) in [6.07, 6.45) is 5.42. The van der Waals surface area contributed by atoms with E-state index in [-0.39, 0.29) is 42.9 Å². The summed E-state index contributed by atoms with van der Waals surface area (Å²) in [5, 5.41) is 0. The van der Waals surface area contributed by atoms with Gasteiger partial charge in [0.15, 0.2) is 5.78 Å². The van der Waals surface area contributed by atoms with Crippen LogP contribution in [0.25, 0.3) is 0 Å². The molecule has 43 heavy (non-hydrogen) atoms. The van der Waals surface area contributed by atoms with E-state index in [4.69, 9.17) is 28.4 Å². The maximum Gasteiger partial charge on any atom is 0.302 e. The summed E-state index contributed by atoms with van der Waals surface area (Å²) in [6, 6.07) is 19.9. The van der Waals surface area contributed by atoms with Gasteiger partial charge in [0.25, 0.3) is 0 Å². The molecule has 0 saturated carbocycles. The molecule has 2 fully saturated rings. The van der Waals surface area contributed by atoms with Crippen molar-refractivity contribution in [3.63, 3.8) is 0 Å². The Balaban J connectivity index is 1.34. The zero-order valence-corrected chi connectivity index (χ0v) is 25.0. The lowest BCUT2D eigenvalue weighted by Crippen LogP contribution is -2.51. The standard InChI is InChI=1S/C35H44O8/c1-25(36)41-32-19-18-28(24-38-22-26-11-4-2-5-12-26)42-35(32)34(40-23-27-13-6-3-7-14-27)21-33-29(37)15-8-9-16-30-31(43-33)17-10-20-39-30/h2-9,11-14,28,30-35H,10,15-24H2,1H3/b9-8-/t28-,30+,31-,32+,33+,34+,35-/m0/s1. The van der Waals surface area contributed by atoms with Gasteiger partial charge in [-0.3, -0.25) is 9.59 Å². The molecule has 0 aliphatic carbocycles. The largest absolute Gasteiger partial charge is 0.460 e. The molecular formula is C35H44O8. The van der Waals surface area contributed by atoms with Crippen LogP contribution >= 0.6 is 0 Å². The number of esters is 1. The molecule has 7 atom stereocenters. The summed E-state index contributed by atoms with van der Waals surface area (Å²) >= 11 is 0. The van der Waals surface area contributed by atoms with Crippen molar-refractivity contribution in [2.75, 3.05) is 13.2 Å². The molecule has 3 aliphatic heterocycles. The number of Topliss-reactive ketones (excluding diaryl/α,β-unsaturated/α-hetero) is 1. The minimum absolute atomic E-state index is 0.00150. The summed E-state index contributed by atoms with van der Waals surface area (Å²) in [6.45, 7) is 3.31. The number of ketones is 1. The second-order valence-electron chi connectivity index (χ2n) is 11.6. The second-order valence-corrected chi connectivity index (χ2v) is 11.6. The van der Waals surface area contributed by atoms with Crippen LogP contribution in [-0.4, -0.2) is 67.7 Å². The highest BCUT2D eigenvalue weighted by Gasteiger charge is 2.42. The van der Waals surface area contributed by atoms with Crippen molar-refractivity contribution in [2.45, 2.75) is 108 Å². The minimum Gasteiger partial charge on any atom is -0.460 e. The van der Waals surface area contributed by atoms with E-state index in [0.717, 1.165) is 30.4 Å². The zero-order valence-electron chi connectivity index (χ0n) is 25.0. The van der Waals surface area contributed by atoms with Gasteiger partial charge in [0, 0.05) is 26.4 Å². The molecule has 8 heteroatoms. The lowest BCUT2D eigenvalue weighted by Gasteiger charge is -2.41. The first-order valence-corrected chi connectivity index (χ1v) is 15.6. The molecule has 0 radical (unpaired) electrons. The Morgan fingerprint density at radius 3 is 2.40 bits per heavy atom. The predicted molar refractivity (Wildman–Crippen MR) is 160 cm³/mol. The number of benzene rings is 2. The van der Waals surface area contributed by atoms with Crippen LogP contribution in [0.2, 0.25) is 0 Å². The van der Waals surface area contributed by atoms with Crippen molar-refractivity contribution in [2.24, 2.45) is 0 Å². The van der Waals surface area contributed by atoms with E-state index in [2.05, 4.69) is 0 Å². The predicted octanol–water partition coefficient (Wildman–Crippen LogP) is 5.51. The number of rotatable bonds is 11. The third-order valence-corrected chi connectivity index (χ3v) is 8.27. The molecule has 0 unspecified atom stereocenters. The summed E-state index contributed by atoms with van der Waals surface area (Å²) in [5.41, 5.74) is 2.09. The number of carbonyl (C=O) groups is 2. The van der Waals surface area contributed by atoms with Crippen LogP contribution in [0.3, 0.4) is 0 Å². The minimum atomic E-state index is -0.700. The number of allylic oxidation sites excluding steroid dienone is 1. The topological polar surface area (TPSA) is 89.5 Å². The smallest absolute Gasteiger partial charge is 0.302 e. The van der Waals surface area contributed by atoms with Crippen molar-refractivity contribution in [3.8, 4) is 0 Å². The molecule has 0 amide bonds. The van der Waals surface area contributed by atoms with Gasteiger partial charge in [-0.1, -0.05) is 72.8 Å². The van der Waals surface area contributed by atoms with Crippen molar-refractivity contribution >= 4 is 11.8 Å².